The molecule has 1 amide bonds. The quantitative estimate of drug-likeness (QED) is 0.257. The van der Waals surface area contributed by atoms with Crippen molar-refractivity contribution in [2.24, 2.45) is 0 Å². The number of ether oxygens (including phenoxy) is 2. The smallest absolute Gasteiger partial charge is 0.416 e. The average Bonchev–Trinajstić information content (AvgIpc) is 2.91. The minimum absolute atomic E-state index is 0.0135. The van der Waals surface area contributed by atoms with Crippen LogP contribution in [0.15, 0.2) is 65.6 Å². The zero-order valence-corrected chi connectivity index (χ0v) is 21.8. The van der Waals surface area contributed by atoms with Crippen LogP contribution in [0.2, 0.25) is 0 Å². The number of nitrogens with zero attached hydrogens (tertiary/aromatic N) is 2. The predicted octanol–water partition coefficient (Wildman–Crippen LogP) is 5.28. The molecule has 1 aliphatic rings. The molecule has 0 saturated carbocycles. The predicted molar refractivity (Wildman–Crippen MR) is 132 cm³/mol. The molecule has 0 radical (unpaired) electrons. The van der Waals surface area contributed by atoms with Crippen LogP contribution >= 0.6 is 0 Å². The zero-order chi connectivity index (χ0) is 30.1. The Labute approximate surface area is 229 Å². The van der Waals surface area contributed by atoms with Crippen molar-refractivity contribution in [3.63, 3.8) is 0 Å². The SMILES string of the molecule is COC(=O)CCN1CN(S(=O)(=O)c2cccc(C(F)(F)F)c2)c2cc(-c3cc(F)cc(OC(F)F)c3)ccc2C1=O. The number of carbonyl (C=O) groups is 2. The molecule has 4 rings (SSSR count). The lowest BCUT2D eigenvalue weighted by atomic mass is 10.00. The summed E-state index contributed by atoms with van der Waals surface area (Å²) in [6.07, 6.45) is -5.15. The van der Waals surface area contributed by atoms with E-state index >= 15 is 0 Å². The molecule has 3 aromatic carbocycles. The molecule has 0 aliphatic carbocycles. The Kier molecular flexibility index (Phi) is 8.19. The van der Waals surface area contributed by atoms with E-state index in [1.54, 1.807) is 0 Å². The number of esters is 1. The number of benzene rings is 3. The van der Waals surface area contributed by atoms with Gasteiger partial charge in [-0.25, -0.2) is 17.1 Å². The number of hydrogen-bond donors (Lipinski definition) is 0. The van der Waals surface area contributed by atoms with Gasteiger partial charge in [0.2, 0.25) is 0 Å². The number of fused-ring (bicyclic) bond motifs is 1. The van der Waals surface area contributed by atoms with Crippen molar-refractivity contribution in [2.75, 3.05) is 24.6 Å². The lowest BCUT2D eigenvalue weighted by Crippen LogP contribution is -2.49. The molecule has 0 unspecified atom stereocenters. The first kappa shape index (κ1) is 29.7. The first-order valence-electron chi connectivity index (χ1n) is 11.7. The van der Waals surface area contributed by atoms with Crippen molar-refractivity contribution >= 4 is 27.6 Å². The summed E-state index contributed by atoms with van der Waals surface area (Å²) in [6, 6.07) is 9.39. The normalized spacial score (nSPS) is 13.8. The fourth-order valence-corrected chi connectivity index (χ4v) is 5.61. The molecule has 0 spiro atoms. The molecule has 0 aromatic heterocycles. The molecule has 0 N–H and O–H groups in total. The van der Waals surface area contributed by atoms with Crippen LogP contribution in [0, 0.1) is 5.82 Å². The van der Waals surface area contributed by atoms with Crippen molar-refractivity contribution < 1.29 is 53.8 Å². The van der Waals surface area contributed by atoms with Crippen LogP contribution in [0.4, 0.5) is 32.0 Å². The molecule has 0 fully saturated rings. The number of carbonyl (C=O) groups excluding carboxylic acids is 2. The van der Waals surface area contributed by atoms with E-state index in [1.807, 2.05) is 0 Å². The Balaban J connectivity index is 1.85. The van der Waals surface area contributed by atoms with Gasteiger partial charge in [-0.05, 0) is 53.6 Å². The largest absolute Gasteiger partial charge is 0.469 e. The zero-order valence-electron chi connectivity index (χ0n) is 21.0. The van der Waals surface area contributed by atoms with Crippen LogP contribution in [0.1, 0.15) is 22.3 Å². The fourth-order valence-electron chi connectivity index (χ4n) is 4.13. The second-order valence-corrected chi connectivity index (χ2v) is 10.6. The van der Waals surface area contributed by atoms with E-state index in [9.17, 15) is 44.3 Å². The first-order chi connectivity index (χ1) is 19.2. The maximum Gasteiger partial charge on any atom is 0.416 e. The number of amides is 1. The minimum atomic E-state index is -4.85. The van der Waals surface area contributed by atoms with Gasteiger partial charge in [-0.1, -0.05) is 12.1 Å². The molecule has 0 atom stereocenters. The Morgan fingerprint density at radius 1 is 1.02 bits per heavy atom. The van der Waals surface area contributed by atoms with E-state index in [4.69, 9.17) is 0 Å². The van der Waals surface area contributed by atoms with Crippen LogP contribution < -0.4 is 9.04 Å². The number of sulfonamides is 1. The molecule has 3 aromatic rings. The Morgan fingerprint density at radius 3 is 2.41 bits per heavy atom. The third-order valence-electron chi connectivity index (χ3n) is 6.08. The van der Waals surface area contributed by atoms with Crippen molar-refractivity contribution in [3.05, 3.63) is 77.6 Å². The van der Waals surface area contributed by atoms with Gasteiger partial charge in [-0.3, -0.25) is 9.59 Å². The average molecular weight is 603 g/mol. The fraction of sp³-hybridized carbons (Fsp3) is 0.231. The second-order valence-electron chi connectivity index (χ2n) is 8.70. The van der Waals surface area contributed by atoms with Gasteiger partial charge in [0.15, 0.2) is 0 Å². The summed E-state index contributed by atoms with van der Waals surface area (Å²) in [7, 11) is -3.65. The Morgan fingerprint density at radius 2 is 1.76 bits per heavy atom. The van der Waals surface area contributed by atoms with Gasteiger partial charge in [0, 0.05) is 12.6 Å². The number of alkyl halides is 5. The first-order valence-corrected chi connectivity index (χ1v) is 13.1. The van der Waals surface area contributed by atoms with Crippen molar-refractivity contribution in [3.8, 4) is 16.9 Å². The Bertz CT molecular complexity index is 1600. The molecular formula is C26H20F6N2O6S. The van der Waals surface area contributed by atoms with E-state index in [1.165, 1.54) is 12.1 Å². The third kappa shape index (κ3) is 6.39. The monoisotopic (exact) mass is 602 g/mol. The highest BCUT2D eigenvalue weighted by Gasteiger charge is 2.38. The molecule has 0 saturated heterocycles. The van der Waals surface area contributed by atoms with Crippen LogP contribution in [0.3, 0.4) is 0 Å². The summed E-state index contributed by atoms with van der Waals surface area (Å²) in [4.78, 5) is 25.2. The number of halogens is 6. The highest BCUT2D eigenvalue weighted by Crippen LogP contribution is 2.38. The summed E-state index contributed by atoms with van der Waals surface area (Å²) >= 11 is 0. The van der Waals surface area contributed by atoms with Gasteiger partial charge in [0.25, 0.3) is 15.9 Å². The van der Waals surface area contributed by atoms with Crippen LogP contribution in [0.25, 0.3) is 11.1 Å². The van der Waals surface area contributed by atoms with Gasteiger partial charge < -0.3 is 14.4 Å². The molecular weight excluding hydrogens is 582 g/mol. The van der Waals surface area contributed by atoms with Crippen LogP contribution in [0.5, 0.6) is 5.75 Å². The topological polar surface area (TPSA) is 93.2 Å². The van der Waals surface area contributed by atoms with Gasteiger partial charge in [0.1, 0.15) is 18.2 Å². The molecule has 15 heteroatoms. The summed E-state index contributed by atoms with van der Waals surface area (Å²) < 4.78 is 117. The maximum atomic E-state index is 14.2. The summed E-state index contributed by atoms with van der Waals surface area (Å²) in [6.45, 7) is -4.22. The molecule has 1 heterocycles. The van der Waals surface area contributed by atoms with E-state index in [0.717, 1.165) is 42.3 Å². The summed E-state index contributed by atoms with van der Waals surface area (Å²) in [5.41, 5.74) is -1.61. The molecule has 8 nitrogen and oxygen atoms in total. The summed E-state index contributed by atoms with van der Waals surface area (Å²) in [5, 5.41) is 0. The van der Waals surface area contributed by atoms with Crippen molar-refractivity contribution in [2.45, 2.75) is 24.1 Å². The number of rotatable bonds is 8. The van der Waals surface area contributed by atoms with E-state index < -0.39 is 63.4 Å². The number of anilines is 1. The van der Waals surface area contributed by atoms with Crippen molar-refractivity contribution in [1.82, 2.24) is 4.90 Å². The van der Waals surface area contributed by atoms with Crippen LogP contribution in [-0.4, -0.2) is 52.1 Å². The Hall–Kier alpha value is -4.27. The molecule has 0 bridgehead atoms. The van der Waals surface area contributed by atoms with E-state index in [2.05, 4.69) is 9.47 Å². The number of hydrogen-bond acceptors (Lipinski definition) is 6. The summed E-state index contributed by atoms with van der Waals surface area (Å²) in [5.74, 6) is -2.87. The van der Waals surface area contributed by atoms with Crippen LogP contribution in [-0.2, 0) is 25.7 Å². The third-order valence-corrected chi connectivity index (χ3v) is 7.82. The molecule has 1 aliphatic heterocycles. The molecule has 41 heavy (non-hydrogen) atoms. The second kappa shape index (κ2) is 11.3. The maximum absolute atomic E-state index is 14.2. The van der Waals surface area contributed by atoms with Crippen molar-refractivity contribution in [1.29, 1.82) is 0 Å². The highest BCUT2D eigenvalue weighted by molar-refractivity contribution is 7.92. The lowest BCUT2D eigenvalue weighted by Gasteiger charge is -2.37. The van der Waals surface area contributed by atoms with Gasteiger partial charge in [-0.2, -0.15) is 22.0 Å². The lowest BCUT2D eigenvalue weighted by molar-refractivity contribution is -0.141. The van der Waals surface area contributed by atoms with Gasteiger partial charge in [0.05, 0.1) is 35.2 Å². The standard InChI is InChI=1S/C26H20F6N2O6S/c1-39-23(35)7-8-33-14-34(41(37,38)20-4-2-3-17(12-20)26(30,31)32)22-11-15(5-6-21(22)24(33)36)16-9-18(27)13-19(10-16)40-25(28)29/h2-6,9-13,25H,7-8,14H2,1H3. The van der Waals surface area contributed by atoms with E-state index in [0.29, 0.717) is 22.5 Å². The van der Waals surface area contributed by atoms with E-state index in [-0.39, 0.29) is 35.3 Å². The van der Waals surface area contributed by atoms with Gasteiger partial charge in [-0.15, -0.1) is 0 Å². The minimum Gasteiger partial charge on any atom is -0.469 e. The van der Waals surface area contributed by atoms with Gasteiger partial charge >= 0.3 is 18.8 Å². The molecule has 218 valence electrons. The number of methoxy groups -OCH3 is 1. The highest BCUT2D eigenvalue weighted by atomic mass is 32.2.